The van der Waals surface area contributed by atoms with Crippen molar-refractivity contribution in [3.63, 3.8) is 0 Å². The summed E-state index contributed by atoms with van der Waals surface area (Å²) < 4.78 is 5.21. The molecule has 0 spiro atoms. The fraction of sp³-hybridized carbons (Fsp3) is 0.263. The molecule has 1 atom stereocenters. The molecular formula is C19H21NO3. The predicted molar refractivity (Wildman–Crippen MR) is 89.5 cm³/mol. The largest absolute Gasteiger partial charge is 0.425 e. The van der Waals surface area contributed by atoms with E-state index in [0.29, 0.717) is 17.2 Å². The van der Waals surface area contributed by atoms with Crippen LogP contribution < -0.4 is 10.1 Å². The van der Waals surface area contributed by atoms with Crippen LogP contribution in [0.3, 0.4) is 0 Å². The smallest absolute Gasteiger partial charge is 0.333 e. The molecule has 0 radical (unpaired) electrons. The summed E-state index contributed by atoms with van der Waals surface area (Å²) in [6.45, 7) is 5.79. The monoisotopic (exact) mass is 311 g/mol. The molecule has 120 valence electrons. The highest BCUT2D eigenvalue weighted by Crippen LogP contribution is 2.15. The van der Waals surface area contributed by atoms with Crippen LogP contribution in [0.4, 0.5) is 0 Å². The highest BCUT2D eigenvalue weighted by molar-refractivity contribution is 5.96. The number of benzene rings is 2. The number of amides is 1. The van der Waals surface area contributed by atoms with Crippen molar-refractivity contribution in [2.75, 3.05) is 0 Å². The molecule has 0 unspecified atom stereocenters. The van der Waals surface area contributed by atoms with Gasteiger partial charge in [0.05, 0.1) is 0 Å². The Kier molecular flexibility index (Phi) is 5.52. The van der Waals surface area contributed by atoms with E-state index in [4.69, 9.17) is 4.74 Å². The molecule has 2 aromatic rings. The van der Waals surface area contributed by atoms with Gasteiger partial charge in [-0.05, 0) is 42.7 Å². The molecule has 4 heteroatoms. The standard InChI is InChI=1S/C19H21NO3/c1-13(2)15-9-11-16(12-10-15)18(21)20-14(3)19(22)23-17-7-5-4-6-8-17/h4-14H,1-3H3,(H,20,21)/t14-/m0/s1. The van der Waals surface area contributed by atoms with Gasteiger partial charge in [0.25, 0.3) is 5.91 Å². The van der Waals surface area contributed by atoms with Crippen molar-refractivity contribution in [3.8, 4) is 5.75 Å². The third-order valence-corrected chi connectivity index (χ3v) is 3.50. The third-order valence-electron chi connectivity index (χ3n) is 3.50. The van der Waals surface area contributed by atoms with Crippen molar-refractivity contribution < 1.29 is 14.3 Å². The van der Waals surface area contributed by atoms with Gasteiger partial charge in [0.1, 0.15) is 11.8 Å². The van der Waals surface area contributed by atoms with E-state index in [-0.39, 0.29) is 5.91 Å². The minimum atomic E-state index is -0.729. The number of rotatable bonds is 5. The lowest BCUT2D eigenvalue weighted by atomic mass is 10.0. The fourth-order valence-corrected chi connectivity index (χ4v) is 2.05. The molecule has 0 bridgehead atoms. The van der Waals surface area contributed by atoms with Crippen LogP contribution in [0.1, 0.15) is 42.6 Å². The average Bonchev–Trinajstić information content (AvgIpc) is 2.55. The summed E-state index contributed by atoms with van der Waals surface area (Å²) in [5.41, 5.74) is 1.69. The van der Waals surface area contributed by atoms with E-state index in [1.165, 1.54) is 0 Å². The topological polar surface area (TPSA) is 55.4 Å². The lowest BCUT2D eigenvalue weighted by molar-refractivity contribution is -0.136. The van der Waals surface area contributed by atoms with Crippen molar-refractivity contribution >= 4 is 11.9 Å². The molecule has 0 aromatic heterocycles. The molecule has 0 fully saturated rings. The Bertz CT molecular complexity index is 663. The first-order chi connectivity index (χ1) is 11.0. The van der Waals surface area contributed by atoms with Gasteiger partial charge >= 0.3 is 5.97 Å². The van der Waals surface area contributed by atoms with Crippen molar-refractivity contribution in [1.29, 1.82) is 0 Å². The Morgan fingerprint density at radius 3 is 2.09 bits per heavy atom. The maximum Gasteiger partial charge on any atom is 0.333 e. The third kappa shape index (κ3) is 4.68. The van der Waals surface area contributed by atoms with Gasteiger partial charge in [-0.15, -0.1) is 0 Å². The number of carbonyl (C=O) groups is 2. The van der Waals surface area contributed by atoms with Crippen LogP contribution in [0, 0.1) is 0 Å². The highest BCUT2D eigenvalue weighted by Gasteiger charge is 2.18. The number of esters is 1. The number of para-hydroxylation sites is 1. The van der Waals surface area contributed by atoms with Crippen molar-refractivity contribution in [2.24, 2.45) is 0 Å². The van der Waals surface area contributed by atoms with Gasteiger partial charge in [0.2, 0.25) is 0 Å². The van der Waals surface area contributed by atoms with Crippen LogP contribution in [-0.2, 0) is 4.79 Å². The first-order valence-corrected chi connectivity index (χ1v) is 7.65. The van der Waals surface area contributed by atoms with Crippen LogP contribution in [0.25, 0.3) is 0 Å². The summed E-state index contributed by atoms with van der Waals surface area (Å²) in [6, 6.07) is 15.4. The fourth-order valence-electron chi connectivity index (χ4n) is 2.05. The molecule has 0 heterocycles. The SMILES string of the molecule is CC(C)c1ccc(C(=O)N[C@@H](C)C(=O)Oc2ccccc2)cc1. The van der Waals surface area contributed by atoms with Crippen molar-refractivity contribution in [1.82, 2.24) is 5.32 Å². The van der Waals surface area contributed by atoms with Crippen LogP contribution >= 0.6 is 0 Å². The second kappa shape index (κ2) is 7.58. The van der Waals surface area contributed by atoms with Crippen LogP contribution in [0.5, 0.6) is 5.75 Å². The molecule has 2 rings (SSSR count). The first-order valence-electron chi connectivity index (χ1n) is 7.65. The summed E-state index contributed by atoms with van der Waals surface area (Å²) in [7, 11) is 0. The number of hydrogen-bond donors (Lipinski definition) is 1. The summed E-state index contributed by atoms with van der Waals surface area (Å²) in [5.74, 6) is 0.0768. The highest BCUT2D eigenvalue weighted by atomic mass is 16.5. The molecule has 0 aliphatic rings. The second-order valence-electron chi connectivity index (χ2n) is 5.71. The summed E-state index contributed by atoms with van der Waals surface area (Å²) in [5, 5.41) is 2.65. The quantitative estimate of drug-likeness (QED) is 0.679. The molecule has 2 aromatic carbocycles. The molecule has 4 nitrogen and oxygen atoms in total. The van der Waals surface area contributed by atoms with Gasteiger partial charge in [-0.3, -0.25) is 4.79 Å². The zero-order valence-corrected chi connectivity index (χ0v) is 13.6. The van der Waals surface area contributed by atoms with Crippen LogP contribution in [0.2, 0.25) is 0 Å². The second-order valence-corrected chi connectivity index (χ2v) is 5.71. The molecule has 0 saturated heterocycles. The van der Waals surface area contributed by atoms with E-state index < -0.39 is 12.0 Å². The zero-order chi connectivity index (χ0) is 16.8. The van der Waals surface area contributed by atoms with E-state index in [2.05, 4.69) is 19.2 Å². The van der Waals surface area contributed by atoms with Crippen molar-refractivity contribution in [2.45, 2.75) is 32.7 Å². The van der Waals surface area contributed by atoms with Crippen molar-refractivity contribution in [3.05, 3.63) is 65.7 Å². The zero-order valence-electron chi connectivity index (χ0n) is 13.6. The lowest BCUT2D eigenvalue weighted by Crippen LogP contribution is -2.40. The van der Waals surface area contributed by atoms with Gasteiger partial charge < -0.3 is 10.1 Å². The number of nitrogens with one attached hydrogen (secondary N) is 1. The lowest BCUT2D eigenvalue weighted by Gasteiger charge is -2.13. The maximum atomic E-state index is 12.2. The first kappa shape index (κ1) is 16.7. The number of ether oxygens (including phenoxy) is 1. The Morgan fingerprint density at radius 2 is 1.52 bits per heavy atom. The molecular weight excluding hydrogens is 290 g/mol. The molecule has 0 saturated carbocycles. The Hall–Kier alpha value is -2.62. The van der Waals surface area contributed by atoms with Gasteiger partial charge in [0, 0.05) is 5.56 Å². The van der Waals surface area contributed by atoms with E-state index in [1.54, 1.807) is 43.3 Å². The molecule has 0 aliphatic carbocycles. The Morgan fingerprint density at radius 1 is 0.913 bits per heavy atom. The van der Waals surface area contributed by atoms with E-state index in [0.717, 1.165) is 5.56 Å². The van der Waals surface area contributed by atoms with Gasteiger partial charge in [-0.1, -0.05) is 44.2 Å². The molecule has 23 heavy (non-hydrogen) atoms. The van der Waals surface area contributed by atoms with E-state index in [9.17, 15) is 9.59 Å². The van der Waals surface area contributed by atoms with E-state index >= 15 is 0 Å². The van der Waals surface area contributed by atoms with Gasteiger partial charge in [0.15, 0.2) is 0 Å². The minimum Gasteiger partial charge on any atom is -0.425 e. The molecule has 0 aliphatic heterocycles. The average molecular weight is 311 g/mol. The van der Waals surface area contributed by atoms with Crippen LogP contribution in [0.15, 0.2) is 54.6 Å². The minimum absolute atomic E-state index is 0.294. The normalized spacial score (nSPS) is 11.8. The molecule has 1 N–H and O–H groups in total. The van der Waals surface area contributed by atoms with Gasteiger partial charge in [-0.25, -0.2) is 4.79 Å². The predicted octanol–water partition coefficient (Wildman–Crippen LogP) is 3.53. The summed E-state index contributed by atoms with van der Waals surface area (Å²) >= 11 is 0. The van der Waals surface area contributed by atoms with Gasteiger partial charge in [-0.2, -0.15) is 0 Å². The Labute approximate surface area is 136 Å². The maximum absolute atomic E-state index is 12.2. The number of carbonyl (C=O) groups excluding carboxylic acids is 2. The summed E-state index contributed by atoms with van der Waals surface area (Å²) in [6.07, 6.45) is 0. The van der Waals surface area contributed by atoms with Crippen LogP contribution in [-0.4, -0.2) is 17.9 Å². The molecule has 1 amide bonds. The number of hydrogen-bond acceptors (Lipinski definition) is 3. The summed E-state index contributed by atoms with van der Waals surface area (Å²) in [4.78, 5) is 24.2. The van der Waals surface area contributed by atoms with E-state index in [1.807, 2.05) is 18.2 Å². The Balaban J connectivity index is 1.94.